The Morgan fingerprint density at radius 1 is 1.23 bits per heavy atom. The first kappa shape index (κ1) is 18.2. The van der Waals surface area contributed by atoms with Crippen LogP contribution in [0, 0.1) is 6.92 Å². The van der Waals surface area contributed by atoms with Crippen molar-refractivity contribution in [2.75, 3.05) is 19.6 Å². The summed E-state index contributed by atoms with van der Waals surface area (Å²) in [5.41, 5.74) is 2.16. The lowest BCUT2D eigenvalue weighted by atomic mass is 10.1. The molecule has 1 N–H and O–H groups in total. The second-order valence-corrected chi connectivity index (χ2v) is 6.66. The zero-order chi connectivity index (χ0) is 18.2. The summed E-state index contributed by atoms with van der Waals surface area (Å²) in [6.07, 6.45) is 3.73. The zero-order valence-corrected chi connectivity index (χ0v) is 15.2. The molecule has 1 aromatic heterocycles. The summed E-state index contributed by atoms with van der Waals surface area (Å²) in [5.74, 6) is 0.519. The lowest BCUT2D eigenvalue weighted by molar-refractivity contribution is 0.0970. The van der Waals surface area contributed by atoms with Gasteiger partial charge in [0.15, 0.2) is 0 Å². The van der Waals surface area contributed by atoms with Gasteiger partial charge in [0.1, 0.15) is 6.10 Å². The van der Waals surface area contributed by atoms with Crippen molar-refractivity contribution in [1.82, 2.24) is 20.4 Å². The molecule has 26 heavy (non-hydrogen) atoms. The molecule has 0 radical (unpaired) electrons. The summed E-state index contributed by atoms with van der Waals surface area (Å²) >= 11 is 0. The fourth-order valence-electron chi connectivity index (χ4n) is 3.08. The van der Waals surface area contributed by atoms with Gasteiger partial charge in [-0.15, -0.1) is 5.10 Å². The standard InChI is InChI=1S/C20H26N4O2/c1-16-11-12-19(23-22-16)26-18-10-6-14-24(15-18)20(25)21-13-5-9-17-7-3-2-4-8-17/h2-4,7-8,11-12,18H,5-6,9-10,13-15H2,1H3,(H,21,25). The molecule has 1 fully saturated rings. The van der Waals surface area contributed by atoms with Crippen molar-refractivity contribution in [2.45, 2.75) is 38.7 Å². The van der Waals surface area contributed by atoms with Gasteiger partial charge in [-0.05, 0) is 44.2 Å². The number of hydrogen-bond donors (Lipinski definition) is 1. The number of aromatic nitrogens is 2. The Labute approximate surface area is 154 Å². The van der Waals surface area contributed by atoms with E-state index in [1.54, 1.807) is 0 Å². The van der Waals surface area contributed by atoms with Crippen LogP contribution in [-0.2, 0) is 6.42 Å². The molecule has 138 valence electrons. The van der Waals surface area contributed by atoms with Crippen LogP contribution in [-0.4, -0.2) is 46.9 Å². The van der Waals surface area contributed by atoms with Gasteiger partial charge in [-0.3, -0.25) is 0 Å². The Balaban J connectivity index is 1.40. The van der Waals surface area contributed by atoms with Gasteiger partial charge in [0, 0.05) is 19.2 Å². The van der Waals surface area contributed by atoms with Gasteiger partial charge in [0.25, 0.3) is 0 Å². The van der Waals surface area contributed by atoms with E-state index in [2.05, 4.69) is 27.6 Å². The van der Waals surface area contributed by atoms with Crippen molar-refractivity contribution in [1.29, 1.82) is 0 Å². The minimum absolute atomic E-state index is 0.0126. The Morgan fingerprint density at radius 3 is 2.85 bits per heavy atom. The number of nitrogens with one attached hydrogen (secondary N) is 1. The molecule has 0 spiro atoms. The zero-order valence-electron chi connectivity index (χ0n) is 15.2. The van der Waals surface area contributed by atoms with Crippen LogP contribution in [0.1, 0.15) is 30.5 Å². The molecule has 6 nitrogen and oxygen atoms in total. The highest BCUT2D eigenvalue weighted by Gasteiger charge is 2.25. The SMILES string of the molecule is Cc1ccc(OC2CCCN(C(=O)NCCCc3ccccc3)C2)nn1. The summed E-state index contributed by atoms with van der Waals surface area (Å²) in [5, 5.41) is 11.1. The minimum atomic E-state index is -0.0316. The number of carbonyl (C=O) groups excluding carboxylic acids is 1. The molecule has 1 aliphatic rings. The summed E-state index contributed by atoms with van der Waals surface area (Å²) in [7, 11) is 0. The van der Waals surface area contributed by atoms with E-state index in [1.807, 2.05) is 42.2 Å². The fraction of sp³-hybridized carbons (Fsp3) is 0.450. The smallest absolute Gasteiger partial charge is 0.317 e. The Hall–Kier alpha value is -2.63. The van der Waals surface area contributed by atoms with Crippen LogP contribution in [0.3, 0.4) is 0 Å². The average molecular weight is 354 g/mol. The number of likely N-dealkylation sites (tertiary alicyclic amines) is 1. The molecule has 2 amide bonds. The highest BCUT2D eigenvalue weighted by Crippen LogP contribution is 2.16. The van der Waals surface area contributed by atoms with Gasteiger partial charge in [0.2, 0.25) is 5.88 Å². The van der Waals surface area contributed by atoms with Crippen molar-refractivity contribution in [3.8, 4) is 5.88 Å². The van der Waals surface area contributed by atoms with Crippen LogP contribution < -0.4 is 10.1 Å². The molecule has 2 aromatic rings. The monoisotopic (exact) mass is 354 g/mol. The van der Waals surface area contributed by atoms with Crippen LogP contribution in [0.4, 0.5) is 4.79 Å². The summed E-state index contributed by atoms with van der Waals surface area (Å²) < 4.78 is 5.88. The highest BCUT2D eigenvalue weighted by molar-refractivity contribution is 5.74. The number of amides is 2. The van der Waals surface area contributed by atoms with Crippen molar-refractivity contribution in [3.05, 3.63) is 53.7 Å². The largest absolute Gasteiger partial charge is 0.471 e. The summed E-state index contributed by atoms with van der Waals surface area (Å²) in [6.45, 7) is 3.92. The van der Waals surface area contributed by atoms with Crippen molar-refractivity contribution < 1.29 is 9.53 Å². The van der Waals surface area contributed by atoms with Gasteiger partial charge >= 0.3 is 6.03 Å². The summed E-state index contributed by atoms with van der Waals surface area (Å²) in [4.78, 5) is 14.2. The quantitative estimate of drug-likeness (QED) is 0.810. The van der Waals surface area contributed by atoms with Crippen LogP contribution >= 0.6 is 0 Å². The molecule has 1 unspecified atom stereocenters. The molecular formula is C20H26N4O2. The van der Waals surface area contributed by atoms with Crippen molar-refractivity contribution in [3.63, 3.8) is 0 Å². The summed E-state index contributed by atoms with van der Waals surface area (Å²) in [6, 6.07) is 14.0. The molecular weight excluding hydrogens is 328 g/mol. The number of rotatable bonds is 6. The van der Waals surface area contributed by atoms with Gasteiger partial charge in [-0.2, -0.15) is 5.10 Å². The Kier molecular flexibility index (Phi) is 6.41. The Morgan fingerprint density at radius 2 is 2.08 bits per heavy atom. The number of urea groups is 1. The third kappa shape index (κ3) is 5.44. The topological polar surface area (TPSA) is 67.3 Å². The van der Waals surface area contributed by atoms with Gasteiger partial charge in [-0.25, -0.2) is 4.79 Å². The third-order valence-electron chi connectivity index (χ3n) is 4.49. The average Bonchev–Trinajstić information content (AvgIpc) is 2.68. The van der Waals surface area contributed by atoms with Crippen molar-refractivity contribution >= 4 is 6.03 Å². The van der Waals surface area contributed by atoms with E-state index in [4.69, 9.17) is 4.74 Å². The second-order valence-electron chi connectivity index (χ2n) is 6.66. The highest BCUT2D eigenvalue weighted by atomic mass is 16.5. The molecule has 1 aliphatic heterocycles. The first-order chi connectivity index (χ1) is 12.7. The van der Waals surface area contributed by atoms with Gasteiger partial charge < -0.3 is 15.0 Å². The maximum atomic E-state index is 12.4. The molecule has 1 saturated heterocycles. The van der Waals surface area contributed by atoms with Crippen LogP contribution in [0.25, 0.3) is 0 Å². The molecule has 0 aliphatic carbocycles. The molecule has 6 heteroatoms. The number of piperidine rings is 1. The first-order valence-electron chi connectivity index (χ1n) is 9.24. The van der Waals surface area contributed by atoms with E-state index in [9.17, 15) is 4.79 Å². The fourth-order valence-corrected chi connectivity index (χ4v) is 3.08. The van der Waals surface area contributed by atoms with E-state index in [1.165, 1.54) is 5.56 Å². The van der Waals surface area contributed by atoms with Gasteiger partial charge in [-0.1, -0.05) is 30.3 Å². The number of ether oxygens (including phenoxy) is 1. The number of nitrogens with zero attached hydrogens (tertiary/aromatic N) is 3. The van der Waals surface area contributed by atoms with E-state index >= 15 is 0 Å². The lowest BCUT2D eigenvalue weighted by Gasteiger charge is -2.32. The normalized spacial score (nSPS) is 17.0. The molecule has 1 atom stereocenters. The first-order valence-corrected chi connectivity index (χ1v) is 9.24. The number of carbonyl (C=O) groups is 1. The number of aryl methyl sites for hydroxylation is 2. The number of hydrogen-bond acceptors (Lipinski definition) is 4. The Bertz CT molecular complexity index is 691. The molecule has 2 heterocycles. The maximum absolute atomic E-state index is 12.4. The van der Waals surface area contributed by atoms with Crippen LogP contribution in [0.2, 0.25) is 0 Å². The van der Waals surface area contributed by atoms with E-state index in [0.29, 0.717) is 19.0 Å². The third-order valence-corrected chi connectivity index (χ3v) is 4.49. The van der Waals surface area contributed by atoms with Crippen molar-refractivity contribution in [2.24, 2.45) is 0 Å². The molecule has 3 rings (SSSR count). The molecule has 1 aromatic carbocycles. The van der Waals surface area contributed by atoms with E-state index in [0.717, 1.165) is 37.9 Å². The predicted molar refractivity (Wildman–Crippen MR) is 100 cm³/mol. The minimum Gasteiger partial charge on any atom is -0.471 e. The molecule has 0 bridgehead atoms. The predicted octanol–water partition coefficient (Wildman–Crippen LogP) is 2.97. The second kappa shape index (κ2) is 9.17. The lowest BCUT2D eigenvalue weighted by Crippen LogP contribution is -2.48. The molecule has 0 saturated carbocycles. The maximum Gasteiger partial charge on any atom is 0.317 e. The number of benzene rings is 1. The van der Waals surface area contributed by atoms with Crippen LogP contribution in [0.15, 0.2) is 42.5 Å². The van der Waals surface area contributed by atoms with Crippen LogP contribution in [0.5, 0.6) is 5.88 Å². The van der Waals surface area contributed by atoms with E-state index < -0.39 is 0 Å². The van der Waals surface area contributed by atoms with Gasteiger partial charge in [0.05, 0.1) is 12.2 Å². The van der Waals surface area contributed by atoms with E-state index in [-0.39, 0.29) is 12.1 Å².